The van der Waals surface area contributed by atoms with Gasteiger partial charge in [-0.05, 0) is 25.5 Å². The van der Waals surface area contributed by atoms with Gasteiger partial charge in [0.2, 0.25) is 5.76 Å². The predicted octanol–water partition coefficient (Wildman–Crippen LogP) is 2.18. The SMILES string of the molecule is COC(=O)c1ccc(C(C)OCC2CCOC2)o1. The molecule has 1 aromatic heterocycles. The van der Waals surface area contributed by atoms with Crippen molar-refractivity contribution in [1.82, 2.24) is 0 Å². The summed E-state index contributed by atoms with van der Waals surface area (Å²) in [7, 11) is 1.32. The van der Waals surface area contributed by atoms with Crippen LogP contribution in [0.15, 0.2) is 16.5 Å². The molecule has 100 valence electrons. The van der Waals surface area contributed by atoms with Crippen LogP contribution in [0.4, 0.5) is 0 Å². The van der Waals surface area contributed by atoms with Crippen LogP contribution in [0.5, 0.6) is 0 Å². The first-order valence-electron chi connectivity index (χ1n) is 6.08. The molecule has 1 fully saturated rings. The highest BCUT2D eigenvalue weighted by molar-refractivity contribution is 5.86. The first-order valence-corrected chi connectivity index (χ1v) is 6.08. The first kappa shape index (κ1) is 13.1. The lowest BCUT2D eigenvalue weighted by molar-refractivity contribution is 0.0225. The van der Waals surface area contributed by atoms with Crippen LogP contribution in [0.1, 0.15) is 35.8 Å². The largest absolute Gasteiger partial charge is 0.463 e. The zero-order chi connectivity index (χ0) is 13.0. The van der Waals surface area contributed by atoms with Crippen LogP contribution >= 0.6 is 0 Å². The van der Waals surface area contributed by atoms with Crippen LogP contribution in [0.25, 0.3) is 0 Å². The van der Waals surface area contributed by atoms with Gasteiger partial charge in [-0.3, -0.25) is 0 Å². The van der Waals surface area contributed by atoms with Crippen molar-refractivity contribution >= 4 is 5.97 Å². The molecule has 1 aliphatic heterocycles. The number of hydrogen-bond acceptors (Lipinski definition) is 5. The third kappa shape index (κ3) is 3.11. The Hall–Kier alpha value is -1.33. The van der Waals surface area contributed by atoms with Crippen LogP contribution in [0.3, 0.4) is 0 Å². The van der Waals surface area contributed by atoms with Crippen molar-refractivity contribution in [2.24, 2.45) is 5.92 Å². The smallest absolute Gasteiger partial charge is 0.373 e. The average Bonchev–Trinajstić information content (AvgIpc) is 3.05. The van der Waals surface area contributed by atoms with Gasteiger partial charge < -0.3 is 18.6 Å². The van der Waals surface area contributed by atoms with Crippen molar-refractivity contribution < 1.29 is 23.4 Å². The van der Waals surface area contributed by atoms with Gasteiger partial charge in [0.05, 0.1) is 20.3 Å². The van der Waals surface area contributed by atoms with E-state index in [0.29, 0.717) is 18.3 Å². The summed E-state index contributed by atoms with van der Waals surface area (Å²) in [6.45, 7) is 4.12. The third-order valence-corrected chi connectivity index (χ3v) is 3.02. The Morgan fingerprint density at radius 2 is 2.39 bits per heavy atom. The van der Waals surface area contributed by atoms with E-state index in [1.165, 1.54) is 7.11 Å². The Bertz CT molecular complexity index is 392. The number of furan rings is 1. The molecule has 2 unspecified atom stereocenters. The lowest BCUT2D eigenvalue weighted by Gasteiger charge is -2.13. The van der Waals surface area contributed by atoms with Crippen molar-refractivity contribution in [2.75, 3.05) is 26.9 Å². The molecule has 2 rings (SSSR count). The number of ether oxygens (including phenoxy) is 3. The highest BCUT2D eigenvalue weighted by Gasteiger charge is 2.19. The monoisotopic (exact) mass is 254 g/mol. The van der Waals surface area contributed by atoms with E-state index >= 15 is 0 Å². The molecular weight excluding hydrogens is 236 g/mol. The molecule has 0 amide bonds. The van der Waals surface area contributed by atoms with Crippen LogP contribution in [-0.4, -0.2) is 32.9 Å². The van der Waals surface area contributed by atoms with E-state index in [9.17, 15) is 4.79 Å². The summed E-state index contributed by atoms with van der Waals surface area (Å²) in [5.41, 5.74) is 0. The summed E-state index contributed by atoms with van der Waals surface area (Å²) in [6.07, 6.45) is 0.863. The predicted molar refractivity (Wildman–Crippen MR) is 63.3 cm³/mol. The molecule has 18 heavy (non-hydrogen) atoms. The molecule has 2 heterocycles. The fourth-order valence-electron chi connectivity index (χ4n) is 1.86. The molecule has 0 aliphatic carbocycles. The number of hydrogen-bond donors (Lipinski definition) is 0. The van der Waals surface area contributed by atoms with E-state index in [0.717, 1.165) is 19.6 Å². The number of esters is 1. The van der Waals surface area contributed by atoms with Gasteiger partial charge in [0.25, 0.3) is 0 Å². The Morgan fingerprint density at radius 1 is 1.56 bits per heavy atom. The summed E-state index contributed by atoms with van der Waals surface area (Å²) in [5.74, 6) is 0.821. The second-order valence-corrected chi connectivity index (χ2v) is 4.40. The van der Waals surface area contributed by atoms with Crippen molar-refractivity contribution in [3.63, 3.8) is 0 Å². The average molecular weight is 254 g/mol. The summed E-state index contributed by atoms with van der Waals surface area (Å²) in [6, 6.07) is 3.34. The van der Waals surface area contributed by atoms with Gasteiger partial charge in [0.15, 0.2) is 0 Å². The second kappa shape index (κ2) is 6.02. The van der Waals surface area contributed by atoms with E-state index in [1.54, 1.807) is 12.1 Å². The standard InChI is InChI=1S/C13H18O5/c1-9(17-8-10-5-6-16-7-10)11-3-4-12(18-11)13(14)15-2/h3-4,9-10H,5-8H2,1-2H3. The zero-order valence-electron chi connectivity index (χ0n) is 10.7. The topological polar surface area (TPSA) is 57.9 Å². The first-order chi connectivity index (χ1) is 8.70. The Labute approximate surface area is 106 Å². The molecule has 0 saturated carbocycles. The van der Waals surface area contributed by atoms with Crippen molar-refractivity contribution in [1.29, 1.82) is 0 Å². The Balaban J connectivity index is 1.85. The Kier molecular flexibility index (Phi) is 4.38. The molecule has 0 N–H and O–H groups in total. The maximum absolute atomic E-state index is 11.2. The number of carbonyl (C=O) groups is 1. The van der Waals surface area contributed by atoms with Crippen molar-refractivity contribution in [3.05, 3.63) is 23.7 Å². The molecule has 0 aromatic carbocycles. The molecule has 0 spiro atoms. The van der Waals surface area contributed by atoms with Crippen LogP contribution in [-0.2, 0) is 14.2 Å². The zero-order valence-corrected chi connectivity index (χ0v) is 10.7. The fourth-order valence-corrected chi connectivity index (χ4v) is 1.86. The van der Waals surface area contributed by atoms with E-state index in [2.05, 4.69) is 4.74 Å². The minimum atomic E-state index is -0.474. The van der Waals surface area contributed by atoms with Gasteiger partial charge >= 0.3 is 5.97 Å². The quantitative estimate of drug-likeness (QED) is 0.754. The van der Waals surface area contributed by atoms with Crippen LogP contribution < -0.4 is 0 Å². The van der Waals surface area contributed by atoms with Crippen molar-refractivity contribution in [3.8, 4) is 0 Å². The summed E-state index contributed by atoms with van der Waals surface area (Å²) in [4.78, 5) is 11.2. The molecule has 2 atom stereocenters. The third-order valence-electron chi connectivity index (χ3n) is 3.02. The molecule has 5 nitrogen and oxygen atoms in total. The highest BCUT2D eigenvalue weighted by atomic mass is 16.5. The molecular formula is C13H18O5. The maximum atomic E-state index is 11.2. The Morgan fingerprint density at radius 3 is 3.06 bits per heavy atom. The van der Waals surface area contributed by atoms with E-state index in [1.807, 2.05) is 6.92 Å². The minimum absolute atomic E-state index is 0.177. The van der Waals surface area contributed by atoms with Gasteiger partial charge in [-0.25, -0.2) is 4.79 Å². The molecule has 5 heteroatoms. The fraction of sp³-hybridized carbons (Fsp3) is 0.615. The molecule has 0 radical (unpaired) electrons. The van der Waals surface area contributed by atoms with Crippen LogP contribution in [0, 0.1) is 5.92 Å². The van der Waals surface area contributed by atoms with Crippen LogP contribution in [0.2, 0.25) is 0 Å². The lowest BCUT2D eigenvalue weighted by Crippen LogP contribution is -2.11. The van der Waals surface area contributed by atoms with Gasteiger partial charge in [-0.1, -0.05) is 0 Å². The molecule has 1 saturated heterocycles. The van der Waals surface area contributed by atoms with Gasteiger partial charge in [-0.15, -0.1) is 0 Å². The van der Waals surface area contributed by atoms with E-state index < -0.39 is 5.97 Å². The normalized spacial score (nSPS) is 20.9. The summed E-state index contributed by atoms with van der Waals surface area (Å²) in [5, 5.41) is 0. The highest BCUT2D eigenvalue weighted by Crippen LogP contribution is 2.22. The van der Waals surface area contributed by atoms with Gasteiger partial charge in [0.1, 0.15) is 11.9 Å². The number of methoxy groups -OCH3 is 1. The van der Waals surface area contributed by atoms with Gasteiger partial charge in [-0.2, -0.15) is 0 Å². The molecule has 1 aromatic rings. The number of carbonyl (C=O) groups excluding carboxylic acids is 1. The summed E-state index contributed by atoms with van der Waals surface area (Å²) >= 11 is 0. The summed E-state index contributed by atoms with van der Waals surface area (Å²) < 4.78 is 21.0. The van der Waals surface area contributed by atoms with E-state index in [-0.39, 0.29) is 11.9 Å². The van der Waals surface area contributed by atoms with Gasteiger partial charge in [0, 0.05) is 12.5 Å². The van der Waals surface area contributed by atoms with E-state index in [4.69, 9.17) is 13.9 Å². The number of rotatable bonds is 5. The maximum Gasteiger partial charge on any atom is 0.373 e. The molecule has 0 bridgehead atoms. The van der Waals surface area contributed by atoms with Crippen molar-refractivity contribution in [2.45, 2.75) is 19.4 Å². The lowest BCUT2D eigenvalue weighted by atomic mass is 10.1. The minimum Gasteiger partial charge on any atom is -0.463 e. The second-order valence-electron chi connectivity index (χ2n) is 4.40. The molecule has 1 aliphatic rings.